The van der Waals surface area contributed by atoms with Gasteiger partial charge in [-0.1, -0.05) is 18.2 Å². The van der Waals surface area contributed by atoms with Gasteiger partial charge in [0.05, 0.1) is 11.6 Å². The highest BCUT2D eigenvalue weighted by Crippen LogP contribution is 2.31. The zero-order valence-electron chi connectivity index (χ0n) is 11.0. The predicted octanol–water partition coefficient (Wildman–Crippen LogP) is 1.76. The smallest absolute Gasteiger partial charge is 0.268 e. The monoisotopic (exact) mass is 267 g/mol. The molecule has 0 aliphatic carbocycles. The molecule has 1 unspecified atom stereocenters. The van der Waals surface area contributed by atoms with Crippen LogP contribution in [0.4, 0.5) is 0 Å². The molecule has 20 heavy (non-hydrogen) atoms. The number of hydrogen-bond acceptors (Lipinski definition) is 3. The highest BCUT2D eigenvalue weighted by Gasteiger charge is 2.26. The van der Waals surface area contributed by atoms with Crippen molar-refractivity contribution in [3.05, 3.63) is 53.3 Å². The average molecular weight is 267 g/mol. The summed E-state index contributed by atoms with van der Waals surface area (Å²) in [4.78, 5) is 12.3. The number of carbonyl (C=O) groups excluding carboxylic acids is 1. The van der Waals surface area contributed by atoms with Crippen LogP contribution in [0.2, 0.25) is 0 Å². The van der Waals surface area contributed by atoms with E-state index in [1.165, 1.54) is 0 Å². The summed E-state index contributed by atoms with van der Waals surface area (Å²) in [6.07, 6.45) is 1.63. The van der Waals surface area contributed by atoms with E-state index in [0.717, 1.165) is 11.3 Å². The summed E-state index contributed by atoms with van der Waals surface area (Å²) in [5.41, 5.74) is 1.92. The molecule has 0 saturated carbocycles. The Morgan fingerprint density at radius 2 is 2.30 bits per heavy atom. The molecular formula is C15H13N3O2. The lowest BCUT2D eigenvalue weighted by Crippen LogP contribution is -2.30. The summed E-state index contributed by atoms with van der Waals surface area (Å²) in [6.45, 7) is 0.431. The summed E-state index contributed by atoms with van der Waals surface area (Å²) in [6, 6.07) is 11.1. The number of rotatable bonds is 2. The first kappa shape index (κ1) is 12.3. The minimum absolute atomic E-state index is 0.154. The fraction of sp³-hybridized carbons (Fsp3) is 0.200. The lowest BCUT2D eigenvalue weighted by atomic mass is 10.1. The van der Waals surface area contributed by atoms with Crippen molar-refractivity contribution in [3.8, 4) is 11.8 Å². The number of hydrogen-bond donors (Lipinski definition) is 1. The SMILES string of the molecule is Cn1cc(C#N)cc1C(=O)NC1COc2ccccc21. The quantitative estimate of drug-likeness (QED) is 0.901. The van der Waals surface area contributed by atoms with Crippen molar-refractivity contribution in [1.29, 1.82) is 5.26 Å². The Morgan fingerprint density at radius 3 is 3.05 bits per heavy atom. The topological polar surface area (TPSA) is 67.0 Å². The number of aromatic nitrogens is 1. The zero-order valence-corrected chi connectivity index (χ0v) is 11.0. The van der Waals surface area contributed by atoms with E-state index in [0.29, 0.717) is 17.9 Å². The first-order valence-corrected chi connectivity index (χ1v) is 6.28. The lowest BCUT2D eigenvalue weighted by molar-refractivity contribution is 0.0922. The summed E-state index contributed by atoms with van der Waals surface area (Å²) in [5.74, 6) is 0.599. The molecule has 1 amide bonds. The van der Waals surface area contributed by atoms with Crippen molar-refractivity contribution in [2.24, 2.45) is 7.05 Å². The highest BCUT2D eigenvalue weighted by molar-refractivity contribution is 5.93. The van der Waals surface area contributed by atoms with Crippen molar-refractivity contribution in [1.82, 2.24) is 9.88 Å². The van der Waals surface area contributed by atoms with Gasteiger partial charge in [-0.05, 0) is 12.1 Å². The van der Waals surface area contributed by atoms with Gasteiger partial charge in [-0.2, -0.15) is 5.26 Å². The molecule has 0 spiro atoms. The molecule has 1 aliphatic rings. The number of nitrogens with zero attached hydrogens (tertiary/aromatic N) is 2. The third kappa shape index (κ3) is 2.01. The van der Waals surface area contributed by atoms with E-state index in [-0.39, 0.29) is 11.9 Å². The molecule has 1 atom stereocenters. The second-order valence-corrected chi connectivity index (χ2v) is 4.71. The van der Waals surface area contributed by atoms with Gasteiger partial charge in [0.1, 0.15) is 24.1 Å². The molecule has 0 bridgehead atoms. The number of amides is 1. The standard InChI is InChI=1S/C15H13N3O2/c1-18-8-10(7-16)6-13(18)15(19)17-12-9-20-14-5-3-2-4-11(12)14/h2-6,8,12H,9H2,1H3,(H,17,19). The van der Waals surface area contributed by atoms with Crippen molar-refractivity contribution in [3.63, 3.8) is 0 Å². The van der Waals surface area contributed by atoms with Gasteiger partial charge in [0.25, 0.3) is 5.91 Å². The van der Waals surface area contributed by atoms with Gasteiger partial charge in [0, 0.05) is 18.8 Å². The van der Waals surface area contributed by atoms with Crippen molar-refractivity contribution in [2.75, 3.05) is 6.61 Å². The van der Waals surface area contributed by atoms with Gasteiger partial charge in [-0.15, -0.1) is 0 Å². The molecule has 0 saturated heterocycles. The van der Waals surface area contributed by atoms with Crippen LogP contribution in [0.15, 0.2) is 36.5 Å². The Kier molecular flexibility index (Phi) is 2.92. The molecule has 1 aromatic heterocycles. The fourth-order valence-corrected chi connectivity index (χ4v) is 2.37. The first-order chi connectivity index (χ1) is 9.69. The molecule has 2 aromatic rings. The van der Waals surface area contributed by atoms with Crippen LogP contribution in [-0.4, -0.2) is 17.1 Å². The summed E-state index contributed by atoms with van der Waals surface area (Å²) < 4.78 is 7.18. The van der Waals surface area contributed by atoms with Crippen molar-refractivity contribution < 1.29 is 9.53 Å². The maximum atomic E-state index is 12.3. The van der Waals surface area contributed by atoms with E-state index in [9.17, 15) is 4.79 Å². The minimum Gasteiger partial charge on any atom is -0.491 e. The van der Waals surface area contributed by atoms with Crippen molar-refractivity contribution >= 4 is 5.91 Å². The molecule has 1 N–H and O–H groups in total. The number of nitriles is 1. The molecule has 0 radical (unpaired) electrons. The summed E-state index contributed by atoms with van der Waals surface area (Å²) in [7, 11) is 1.74. The van der Waals surface area contributed by atoms with Gasteiger partial charge < -0.3 is 14.6 Å². The van der Waals surface area contributed by atoms with Crippen LogP contribution in [0.3, 0.4) is 0 Å². The van der Waals surface area contributed by atoms with Gasteiger partial charge in [-0.25, -0.2) is 0 Å². The van der Waals surface area contributed by atoms with E-state index < -0.39 is 0 Å². The maximum Gasteiger partial charge on any atom is 0.268 e. The third-order valence-electron chi connectivity index (χ3n) is 3.37. The fourth-order valence-electron chi connectivity index (χ4n) is 2.37. The molecule has 3 rings (SSSR count). The minimum atomic E-state index is -0.209. The first-order valence-electron chi connectivity index (χ1n) is 6.28. The normalized spacial score (nSPS) is 16.1. The van der Waals surface area contributed by atoms with E-state index >= 15 is 0 Å². The molecular weight excluding hydrogens is 254 g/mol. The van der Waals surface area contributed by atoms with Crippen LogP contribution in [0.25, 0.3) is 0 Å². The Labute approximate surface area is 116 Å². The van der Waals surface area contributed by atoms with E-state index in [1.54, 1.807) is 23.9 Å². The highest BCUT2D eigenvalue weighted by atomic mass is 16.5. The Hall–Kier alpha value is -2.74. The van der Waals surface area contributed by atoms with Crippen LogP contribution in [0.5, 0.6) is 5.75 Å². The Balaban J connectivity index is 1.81. The second kappa shape index (κ2) is 4.74. The van der Waals surface area contributed by atoms with Crippen LogP contribution >= 0.6 is 0 Å². The molecule has 5 heteroatoms. The number of benzene rings is 1. The third-order valence-corrected chi connectivity index (χ3v) is 3.37. The molecule has 2 heterocycles. The molecule has 0 fully saturated rings. The van der Waals surface area contributed by atoms with E-state index in [4.69, 9.17) is 10.00 Å². The van der Waals surface area contributed by atoms with Crippen LogP contribution < -0.4 is 10.1 Å². The second-order valence-electron chi connectivity index (χ2n) is 4.71. The number of para-hydroxylation sites is 1. The number of ether oxygens (including phenoxy) is 1. The summed E-state index contributed by atoms with van der Waals surface area (Å²) in [5, 5.41) is 11.8. The maximum absolute atomic E-state index is 12.3. The largest absolute Gasteiger partial charge is 0.491 e. The van der Waals surface area contributed by atoms with Crippen molar-refractivity contribution in [2.45, 2.75) is 6.04 Å². The van der Waals surface area contributed by atoms with Crippen LogP contribution in [0, 0.1) is 11.3 Å². The number of carbonyl (C=O) groups is 1. The number of aryl methyl sites for hydroxylation is 1. The molecule has 5 nitrogen and oxygen atoms in total. The van der Waals surface area contributed by atoms with Gasteiger partial charge in [0.2, 0.25) is 0 Å². The van der Waals surface area contributed by atoms with Crippen LogP contribution in [0.1, 0.15) is 27.7 Å². The molecule has 1 aliphatic heterocycles. The number of fused-ring (bicyclic) bond motifs is 1. The predicted molar refractivity (Wildman–Crippen MR) is 72.3 cm³/mol. The molecule has 100 valence electrons. The average Bonchev–Trinajstić information content (AvgIpc) is 3.03. The van der Waals surface area contributed by atoms with E-state index in [1.807, 2.05) is 30.3 Å². The summed E-state index contributed by atoms with van der Waals surface area (Å²) >= 11 is 0. The lowest BCUT2D eigenvalue weighted by Gasteiger charge is -2.12. The molecule has 1 aromatic carbocycles. The Morgan fingerprint density at radius 1 is 1.50 bits per heavy atom. The Bertz CT molecular complexity index is 712. The van der Waals surface area contributed by atoms with Crippen LogP contribution in [-0.2, 0) is 7.05 Å². The van der Waals surface area contributed by atoms with Gasteiger partial charge >= 0.3 is 0 Å². The van der Waals surface area contributed by atoms with Gasteiger partial charge in [-0.3, -0.25) is 4.79 Å². The zero-order chi connectivity index (χ0) is 14.1. The van der Waals surface area contributed by atoms with E-state index in [2.05, 4.69) is 5.32 Å². The van der Waals surface area contributed by atoms with Gasteiger partial charge in [0.15, 0.2) is 0 Å². The number of nitrogens with one attached hydrogen (secondary N) is 1.